The number of rotatable bonds is 5. The van der Waals surface area contributed by atoms with Crippen LogP contribution in [0.15, 0.2) is 30.3 Å². The molecule has 3 rings (SSSR count). The molecule has 0 bridgehead atoms. The predicted octanol–water partition coefficient (Wildman–Crippen LogP) is 4.40. The van der Waals surface area contributed by atoms with Crippen LogP contribution in [0.1, 0.15) is 52.3 Å². The summed E-state index contributed by atoms with van der Waals surface area (Å²) in [6, 6.07) is 11.6. The zero-order chi connectivity index (χ0) is 19.4. The molecule has 0 aliphatic carbocycles. The van der Waals surface area contributed by atoms with E-state index in [2.05, 4.69) is 67.9 Å². The molecule has 2 aromatic rings. The van der Waals surface area contributed by atoms with Crippen LogP contribution in [0.25, 0.3) is 0 Å². The maximum absolute atomic E-state index is 8.92. The molecule has 1 heterocycles. The van der Waals surface area contributed by atoms with E-state index in [1.807, 2.05) is 12.3 Å². The molecule has 2 aromatic carbocycles. The van der Waals surface area contributed by atoms with Gasteiger partial charge < -0.3 is 10.6 Å². The van der Waals surface area contributed by atoms with Crippen molar-refractivity contribution in [2.75, 3.05) is 11.9 Å². The van der Waals surface area contributed by atoms with Crippen LogP contribution in [-0.4, -0.2) is 12.6 Å². The van der Waals surface area contributed by atoms with Crippen LogP contribution >= 0.6 is 0 Å². The van der Waals surface area contributed by atoms with E-state index in [0.29, 0.717) is 12.1 Å². The molecule has 2 atom stereocenters. The molecule has 2 unspecified atom stereocenters. The molecule has 1 aliphatic rings. The van der Waals surface area contributed by atoms with E-state index < -0.39 is 0 Å². The predicted molar refractivity (Wildman–Crippen MR) is 112 cm³/mol. The summed E-state index contributed by atoms with van der Waals surface area (Å²) in [5.41, 5.74) is 8.66. The van der Waals surface area contributed by atoms with Crippen molar-refractivity contribution in [1.29, 1.82) is 5.26 Å². The summed E-state index contributed by atoms with van der Waals surface area (Å²) in [5, 5.41) is 19.2. The number of piperidine rings is 1. The van der Waals surface area contributed by atoms with E-state index in [9.17, 15) is 0 Å². The van der Waals surface area contributed by atoms with Gasteiger partial charge in [0.1, 0.15) is 0 Å². The standard InChI is InChI=1S/C23H30N4/c1-15-7-8-19(10-16(15)2)23-22(6-5-9-25-23)26-13-20-12-21(27-14-24)11-17(3)18(20)4/h7-8,10-12,22-23,25-27H,5-6,9,13H2,1-4H3. The summed E-state index contributed by atoms with van der Waals surface area (Å²) in [5.74, 6) is 0. The zero-order valence-electron chi connectivity index (χ0n) is 16.8. The lowest BCUT2D eigenvalue weighted by Crippen LogP contribution is -2.45. The molecule has 0 radical (unpaired) electrons. The Bertz CT molecular complexity index is 850. The number of nitrogens with one attached hydrogen (secondary N) is 3. The Labute approximate surface area is 163 Å². The van der Waals surface area contributed by atoms with E-state index in [1.165, 1.54) is 46.2 Å². The van der Waals surface area contributed by atoms with Crippen molar-refractivity contribution < 1.29 is 0 Å². The van der Waals surface area contributed by atoms with E-state index in [-0.39, 0.29) is 0 Å². The second-order valence-corrected chi connectivity index (χ2v) is 7.72. The van der Waals surface area contributed by atoms with Crippen LogP contribution in [0.4, 0.5) is 5.69 Å². The molecule has 0 amide bonds. The summed E-state index contributed by atoms with van der Waals surface area (Å²) in [7, 11) is 0. The first kappa shape index (κ1) is 19.4. The minimum Gasteiger partial charge on any atom is -0.309 e. The maximum atomic E-state index is 8.92. The highest BCUT2D eigenvalue weighted by Gasteiger charge is 2.26. The van der Waals surface area contributed by atoms with Crippen molar-refractivity contribution in [3.8, 4) is 6.19 Å². The Kier molecular flexibility index (Phi) is 6.15. The summed E-state index contributed by atoms with van der Waals surface area (Å²) >= 11 is 0. The third-order valence-electron chi connectivity index (χ3n) is 5.88. The van der Waals surface area contributed by atoms with Gasteiger partial charge in [0.05, 0.1) is 0 Å². The topological polar surface area (TPSA) is 59.9 Å². The number of aryl methyl sites for hydroxylation is 3. The molecule has 0 aromatic heterocycles. The van der Waals surface area contributed by atoms with E-state index in [4.69, 9.17) is 5.26 Å². The number of nitrogens with zero attached hydrogens (tertiary/aromatic N) is 1. The van der Waals surface area contributed by atoms with E-state index in [1.54, 1.807) is 0 Å². The SMILES string of the molecule is Cc1ccc(C2NCCCC2NCc2cc(NC#N)cc(C)c2C)cc1C. The van der Waals surface area contributed by atoms with Gasteiger partial charge in [-0.2, -0.15) is 5.26 Å². The number of benzene rings is 2. The third kappa shape index (κ3) is 4.50. The van der Waals surface area contributed by atoms with E-state index >= 15 is 0 Å². The van der Waals surface area contributed by atoms with Crippen molar-refractivity contribution in [3.63, 3.8) is 0 Å². The van der Waals surface area contributed by atoms with Crippen LogP contribution in [0.3, 0.4) is 0 Å². The van der Waals surface area contributed by atoms with Crippen LogP contribution in [0.2, 0.25) is 0 Å². The van der Waals surface area contributed by atoms with Gasteiger partial charge in [-0.3, -0.25) is 5.32 Å². The molecule has 3 N–H and O–H groups in total. The second kappa shape index (κ2) is 8.56. The summed E-state index contributed by atoms with van der Waals surface area (Å²) in [6.07, 6.45) is 4.37. The van der Waals surface area contributed by atoms with Crippen LogP contribution in [0, 0.1) is 39.1 Å². The fourth-order valence-electron chi connectivity index (χ4n) is 3.91. The van der Waals surface area contributed by atoms with Gasteiger partial charge in [-0.25, -0.2) is 0 Å². The quantitative estimate of drug-likeness (QED) is 0.545. The molecule has 4 heteroatoms. The molecule has 27 heavy (non-hydrogen) atoms. The second-order valence-electron chi connectivity index (χ2n) is 7.72. The molecule has 142 valence electrons. The monoisotopic (exact) mass is 362 g/mol. The molecular weight excluding hydrogens is 332 g/mol. The van der Waals surface area contributed by atoms with Gasteiger partial charge in [-0.1, -0.05) is 18.2 Å². The molecule has 1 aliphatic heterocycles. The van der Waals surface area contributed by atoms with Crippen LogP contribution in [-0.2, 0) is 6.54 Å². The Balaban J connectivity index is 1.77. The summed E-state index contributed by atoms with van der Waals surface area (Å²) in [4.78, 5) is 0. The van der Waals surface area contributed by atoms with Crippen molar-refractivity contribution in [2.45, 2.75) is 59.2 Å². The molecule has 0 spiro atoms. The van der Waals surface area contributed by atoms with Crippen molar-refractivity contribution in [3.05, 3.63) is 63.7 Å². The van der Waals surface area contributed by atoms with Crippen LogP contribution < -0.4 is 16.0 Å². The maximum Gasteiger partial charge on any atom is 0.181 e. The normalized spacial score (nSPS) is 19.5. The minimum atomic E-state index is 0.333. The van der Waals surface area contributed by atoms with Gasteiger partial charge in [0, 0.05) is 24.3 Å². The Morgan fingerprint density at radius 2 is 1.89 bits per heavy atom. The van der Waals surface area contributed by atoms with Gasteiger partial charge in [-0.05, 0) is 92.6 Å². The van der Waals surface area contributed by atoms with Gasteiger partial charge in [0.2, 0.25) is 0 Å². The number of nitriles is 1. The van der Waals surface area contributed by atoms with Gasteiger partial charge in [-0.15, -0.1) is 0 Å². The highest BCUT2D eigenvalue weighted by atomic mass is 15.0. The minimum absolute atomic E-state index is 0.333. The molecule has 4 nitrogen and oxygen atoms in total. The zero-order valence-corrected chi connectivity index (χ0v) is 16.8. The molecular formula is C23H30N4. The molecule has 0 saturated carbocycles. The number of hydrogen-bond acceptors (Lipinski definition) is 4. The molecule has 1 saturated heterocycles. The highest BCUT2D eigenvalue weighted by Crippen LogP contribution is 2.26. The Morgan fingerprint density at radius 3 is 2.63 bits per heavy atom. The average Bonchev–Trinajstić information content (AvgIpc) is 2.66. The van der Waals surface area contributed by atoms with Gasteiger partial charge >= 0.3 is 0 Å². The third-order valence-corrected chi connectivity index (χ3v) is 5.88. The van der Waals surface area contributed by atoms with Gasteiger partial charge in [0.15, 0.2) is 6.19 Å². The Morgan fingerprint density at radius 1 is 1.07 bits per heavy atom. The van der Waals surface area contributed by atoms with Crippen molar-refractivity contribution in [1.82, 2.24) is 10.6 Å². The van der Waals surface area contributed by atoms with Crippen LogP contribution in [0.5, 0.6) is 0 Å². The lowest BCUT2D eigenvalue weighted by Gasteiger charge is -2.34. The lowest BCUT2D eigenvalue weighted by molar-refractivity contribution is 0.304. The van der Waals surface area contributed by atoms with Crippen molar-refractivity contribution >= 4 is 5.69 Å². The van der Waals surface area contributed by atoms with E-state index in [0.717, 1.165) is 18.8 Å². The Hall–Kier alpha value is -2.35. The average molecular weight is 363 g/mol. The largest absolute Gasteiger partial charge is 0.309 e. The fourth-order valence-corrected chi connectivity index (χ4v) is 3.91. The first-order valence-electron chi connectivity index (χ1n) is 9.78. The number of anilines is 1. The first-order chi connectivity index (χ1) is 13.0. The number of hydrogen-bond donors (Lipinski definition) is 3. The first-order valence-corrected chi connectivity index (χ1v) is 9.78. The van der Waals surface area contributed by atoms with Gasteiger partial charge in [0.25, 0.3) is 0 Å². The smallest absolute Gasteiger partial charge is 0.181 e. The fraction of sp³-hybridized carbons (Fsp3) is 0.435. The highest BCUT2D eigenvalue weighted by molar-refractivity contribution is 5.54. The lowest BCUT2D eigenvalue weighted by atomic mass is 9.90. The molecule has 1 fully saturated rings. The summed E-state index contributed by atoms with van der Waals surface area (Å²) in [6.45, 7) is 10.5. The summed E-state index contributed by atoms with van der Waals surface area (Å²) < 4.78 is 0. The van der Waals surface area contributed by atoms with Crippen molar-refractivity contribution in [2.24, 2.45) is 0 Å².